The summed E-state index contributed by atoms with van der Waals surface area (Å²) in [5.41, 5.74) is 5.00. The summed E-state index contributed by atoms with van der Waals surface area (Å²) < 4.78 is 12.5. The molecule has 0 amide bonds. The summed E-state index contributed by atoms with van der Waals surface area (Å²) in [4.78, 5) is 19.4. The quantitative estimate of drug-likeness (QED) is 0.627. The predicted molar refractivity (Wildman–Crippen MR) is 116 cm³/mol. The van der Waals surface area contributed by atoms with Crippen molar-refractivity contribution in [3.8, 4) is 0 Å². The van der Waals surface area contributed by atoms with E-state index in [0.717, 1.165) is 48.6 Å². The Morgan fingerprint density at radius 3 is 2.80 bits per heavy atom. The van der Waals surface area contributed by atoms with Crippen LogP contribution in [0.3, 0.4) is 0 Å². The molecule has 1 aliphatic rings. The highest BCUT2D eigenvalue weighted by molar-refractivity contribution is 6.05. The van der Waals surface area contributed by atoms with Gasteiger partial charge in [-0.15, -0.1) is 0 Å². The van der Waals surface area contributed by atoms with Gasteiger partial charge in [-0.1, -0.05) is 18.2 Å². The molecule has 0 spiro atoms. The van der Waals surface area contributed by atoms with Gasteiger partial charge in [0.25, 0.3) is 0 Å². The molecule has 2 aromatic heterocycles. The third-order valence-electron chi connectivity index (χ3n) is 5.32. The number of morpholine rings is 1. The Labute approximate surface area is 175 Å². The molecule has 0 bridgehead atoms. The van der Waals surface area contributed by atoms with Crippen LogP contribution >= 0.6 is 0 Å². The SMILES string of the molecule is CCOC(=O)c1cnc2c(c(C)nn2C)c1NCc1ccccc1N1CCOCC1. The number of aromatic nitrogens is 3. The van der Waals surface area contributed by atoms with Crippen molar-refractivity contribution in [2.75, 3.05) is 43.1 Å². The molecule has 0 aliphatic carbocycles. The largest absolute Gasteiger partial charge is 0.462 e. The van der Waals surface area contributed by atoms with E-state index in [1.165, 1.54) is 5.69 Å². The van der Waals surface area contributed by atoms with Crippen molar-refractivity contribution in [2.24, 2.45) is 7.05 Å². The molecule has 1 aromatic carbocycles. The summed E-state index contributed by atoms with van der Waals surface area (Å²) >= 11 is 0. The summed E-state index contributed by atoms with van der Waals surface area (Å²) in [7, 11) is 1.85. The average Bonchev–Trinajstić information content (AvgIpc) is 3.06. The third-order valence-corrected chi connectivity index (χ3v) is 5.32. The molecule has 8 nitrogen and oxygen atoms in total. The van der Waals surface area contributed by atoms with Gasteiger partial charge in [0.1, 0.15) is 5.56 Å². The summed E-state index contributed by atoms with van der Waals surface area (Å²) in [5.74, 6) is -0.390. The number of hydrogen-bond donors (Lipinski definition) is 1. The molecular weight excluding hydrogens is 382 g/mol. The Balaban J connectivity index is 1.70. The number of nitrogens with zero attached hydrogens (tertiary/aromatic N) is 4. The van der Waals surface area contributed by atoms with E-state index in [9.17, 15) is 4.79 Å². The molecule has 1 aliphatic heterocycles. The van der Waals surface area contributed by atoms with Crippen molar-refractivity contribution in [2.45, 2.75) is 20.4 Å². The number of hydrogen-bond acceptors (Lipinski definition) is 7. The fourth-order valence-corrected chi connectivity index (χ4v) is 3.92. The lowest BCUT2D eigenvalue weighted by Gasteiger charge is -2.30. The second-order valence-electron chi connectivity index (χ2n) is 7.26. The van der Waals surface area contributed by atoms with Crippen molar-refractivity contribution in [3.63, 3.8) is 0 Å². The number of benzene rings is 1. The van der Waals surface area contributed by atoms with Crippen LogP contribution in [0.25, 0.3) is 11.0 Å². The van der Waals surface area contributed by atoms with Gasteiger partial charge in [0.2, 0.25) is 0 Å². The van der Waals surface area contributed by atoms with Crippen LogP contribution in [-0.2, 0) is 23.1 Å². The third kappa shape index (κ3) is 3.82. The normalized spacial score (nSPS) is 14.2. The van der Waals surface area contributed by atoms with Gasteiger partial charge in [-0.05, 0) is 25.5 Å². The second-order valence-corrected chi connectivity index (χ2v) is 7.26. The number of ether oxygens (including phenoxy) is 2. The molecule has 1 N–H and O–H groups in total. The van der Waals surface area contributed by atoms with Crippen LogP contribution in [0.15, 0.2) is 30.5 Å². The van der Waals surface area contributed by atoms with Crippen LogP contribution < -0.4 is 10.2 Å². The highest BCUT2D eigenvalue weighted by atomic mass is 16.5. The van der Waals surface area contributed by atoms with E-state index in [1.54, 1.807) is 17.8 Å². The summed E-state index contributed by atoms with van der Waals surface area (Å²) in [6.07, 6.45) is 1.57. The minimum atomic E-state index is -0.390. The molecular formula is C22H27N5O3. The smallest absolute Gasteiger partial charge is 0.341 e. The first kappa shape index (κ1) is 20.2. The number of carbonyl (C=O) groups is 1. The lowest BCUT2D eigenvalue weighted by molar-refractivity contribution is 0.0527. The van der Waals surface area contributed by atoms with E-state index in [2.05, 4.69) is 32.4 Å². The monoisotopic (exact) mass is 409 g/mol. The molecule has 4 rings (SSSR count). The molecule has 1 fully saturated rings. The topological polar surface area (TPSA) is 81.5 Å². The maximum Gasteiger partial charge on any atom is 0.341 e. The maximum atomic E-state index is 12.6. The summed E-state index contributed by atoms with van der Waals surface area (Å²) in [5, 5.41) is 8.82. The van der Waals surface area contributed by atoms with Crippen molar-refractivity contribution in [3.05, 3.63) is 47.3 Å². The fourth-order valence-electron chi connectivity index (χ4n) is 3.92. The zero-order valence-electron chi connectivity index (χ0n) is 17.6. The van der Waals surface area contributed by atoms with Gasteiger partial charge in [-0.25, -0.2) is 9.78 Å². The van der Waals surface area contributed by atoms with Crippen LogP contribution in [0.4, 0.5) is 11.4 Å². The Hall–Kier alpha value is -3.13. The number of anilines is 2. The van der Waals surface area contributed by atoms with E-state index in [4.69, 9.17) is 9.47 Å². The molecule has 0 unspecified atom stereocenters. The highest BCUT2D eigenvalue weighted by Gasteiger charge is 2.21. The highest BCUT2D eigenvalue weighted by Crippen LogP contribution is 2.31. The van der Waals surface area contributed by atoms with Gasteiger partial charge < -0.3 is 19.7 Å². The zero-order chi connectivity index (χ0) is 21.1. The molecule has 8 heteroatoms. The van der Waals surface area contributed by atoms with Gasteiger partial charge in [-0.2, -0.15) is 5.10 Å². The van der Waals surface area contributed by atoms with Gasteiger partial charge >= 0.3 is 5.97 Å². The van der Waals surface area contributed by atoms with Crippen LogP contribution in [0.5, 0.6) is 0 Å². The first-order valence-corrected chi connectivity index (χ1v) is 10.2. The summed E-state index contributed by atoms with van der Waals surface area (Å²) in [6, 6.07) is 8.32. The Bertz CT molecular complexity index is 1060. The first-order chi connectivity index (χ1) is 14.6. The summed E-state index contributed by atoms with van der Waals surface area (Å²) in [6.45, 7) is 7.79. The second kappa shape index (κ2) is 8.71. The van der Waals surface area contributed by atoms with E-state index < -0.39 is 0 Å². The molecule has 1 saturated heterocycles. The standard InChI is InChI=1S/C22H27N5O3/c1-4-30-22(28)17-14-24-21-19(15(2)25-26(21)3)20(17)23-13-16-7-5-6-8-18(16)27-9-11-29-12-10-27/h5-8,14H,4,9-13H2,1-3H3,(H,23,24). The molecule has 3 aromatic rings. The molecule has 3 heterocycles. The number of para-hydroxylation sites is 1. The van der Waals surface area contributed by atoms with Crippen LogP contribution in [-0.4, -0.2) is 53.6 Å². The van der Waals surface area contributed by atoms with E-state index in [0.29, 0.717) is 24.4 Å². The van der Waals surface area contributed by atoms with E-state index >= 15 is 0 Å². The van der Waals surface area contributed by atoms with Gasteiger partial charge in [0, 0.05) is 38.6 Å². The number of esters is 1. The van der Waals surface area contributed by atoms with Crippen molar-refractivity contribution in [1.29, 1.82) is 0 Å². The fraction of sp³-hybridized carbons (Fsp3) is 0.409. The number of pyridine rings is 1. The van der Waals surface area contributed by atoms with Crippen molar-refractivity contribution >= 4 is 28.4 Å². The Morgan fingerprint density at radius 2 is 2.03 bits per heavy atom. The van der Waals surface area contributed by atoms with E-state index in [1.807, 2.05) is 26.1 Å². The van der Waals surface area contributed by atoms with Gasteiger partial charge in [0.05, 0.1) is 36.6 Å². The predicted octanol–water partition coefficient (Wildman–Crippen LogP) is 2.90. The lowest BCUT2D eigenvalue weighted by Crippen LogP contribution is -2.36. The maximum absolute atomic E-state index is 12.6. The van der Waals surface area contributed by atoms with Crippen LogP contribution in [0.2, 0.25) is 0 Å². The Morgan fingerprint density at radius 1 is 1.27 bits per heavy atom. The molecule has 158 valence electrons. The van der Waals surface area contributed by atoms with Crippen molar-refractivity contribution < 1.29 is 14.3 Å². The van der Waals surface area contributed by atoms with Crippen molar-refractivity contribution in [1.82, 2.24) is 14.8 Å². The Kier molecular flexibility index (Phi) is 5.85. The molecule has 0 atom stereocenters. The molecule has 0 saturated carbocycles. The van der Waals surface area contributed by atoms with Gasteiger partial charge in [-0.3, -0.25) is 4.68 Å². The number of nitrogens with one attached hydrogen (secondary N) is 1. The minimum Gasteiger partial charge on any atom is -0.462 e. The number of fused-ring (bicyclic) bond motifs is 1. The molecule has 0 radical (unpaired) electrons. The minimum absolute atomic E-state index is 0.308. The number of carbonyl (C=O) groups excluding carboxylic acids is 1. The zero-order valence-corrected chi connectivity index (χ0v) is 17.6. The van der Waals surface area contributed by atoms with Crippen LogP contribution in [0.1, 0.15) is 28.5 Å². The lowest BCUT2D eigenvalue weighted by atomic mass is 10.1. The van der Waals surface area contributed by atoms with E-state index in [-0.39, 0.29) is 5.97 Å². The first-order valence-electron chi connectivity index (χ1n) is 10.2. The van der Waals surface area contributed by atoms with Crippen LogP contribution in [0, 0.1) is 6.92 Å². The number of aryl methyl sites for hydroxylation is 2. The molecule has 30 heavy (non-hydrogen) atoms. The number of rotatable bonds is 6. The average molecular weight is 409 g/mol. The van der Waals surface area contributed by atoms with Gasteiger partial charge in [0.15, 0.2) is 5.65 Å².